The van der Waals surface area contributed by atoms with Gasteiger partial charge in [-0.05, 0) is 31.0 Å². The maximum atomic E-state index is 12.0. The Hall–Kier alpha value is -1.39. The molecule has 0 saturated heterocycles. The number of aryl methyl sites for hydroxylation is 1. The lowest BCUT2D eigenvalue weighted by Gasteiger charge is -2.12. The molecule has 0 heterocycles. The molecule has 1 rings (SSSR count). The van der Waals surface area contributed by atoms with Crippen LogP contribution in [-0.2, 0) is 6.42 Å². The highest BCUT2D eigenvalue weighted by atomic mass is 19.4. The highest BCUT2D eigenvalue weighted by molar-refractivity contribution is 5.38. The predicted octanol–water partition coefficient (Wildman–Crippen LogP) is 3.55. The van der Waals surface area contributed by atoms with Gasteiger partial charge in [-0.15, -0.1) is 13.2 Å². The third-order valence-electron chi connectivity index (χ3n) is 1.89. The summed E-state index contributed by atoms with van der Waals surface area (Å²) in [6.07, 6.45) is -4.05. The Bertz CT molecular complexity index is 348. The summed E-state index contributed by atoms with van der Waals surface area (Å²) in [4.78, 5) is 0. The van der Waals surface area contributed by atoms with E-state index in [2.05, 4.69) is 4.74 Å². The van der Waals surface area contributed by atoms with Crippen LogP contribution in [0.2, 0.25) is 0 Å². The Morgan fingerprint density at radius 3 is 2.19 bits per heavy atom. The maximum Gasteiger partial charge on any atom is 0.573 e. The quantitative estimate of drug-likeness (QED) is 0.793. The highest BCUT2D eigenvalue weighted by Gasteiger charge is 2.31. The highest BCUT2D eigenvalue weighted by Crippen LogP contribution is 2.28. The van der Waals surface area contributed by atoms with Gasteiger partial charge in [0.15, 0.2) is 0 Å². The summed E-state index contributed by atoms with van der Waals surface area (Å²) in [5, 5.41) is 0. The molecule has 0 N–H and O–H groups in total. The fourth-order valence-electron chi connectivity index (χ4n) is 1.28. The van der Waals surface area contributed by atoms with E-state index in [1.54, 1.807) is 13.0 Å². The zero-order valence-electron chi connectivity index (χ0n) is 9.10. The first-order chi connectivity index (χ1) is 7.44. The number of benzene rings is 1. The van der Waals surface area contributed by atoms with Gasteiger partial charge in [0, 0.05) is 6.07 Å². The van der Waals surface area contributed by atoms with Crippen molar-refractivity contribution in [2.75, 3.05) is 6.61 Å². The molecule has 0 aliphatic heterocycles. The van der Waals surface area contributed by atoms with Gasteiger partial charge in [-0.25, -0.2) is 0 Å². The van der Waals surface area contributed by atoms with Crippen LogP contribution in [0.25, 0.3) is 0 Å². The van der Waals surface area contributed by atoms with Crippen LogP contribution < -0.4 is 9.47 Å². The molecular formula is C11H13F3O2. The van der Waals surface area contributed by atoms with E-state index in [0.717, 1.165) is 5.56 Å². The number of halogens is 3. The molecular weight excluding hydrogens is 221 g/mol. The summed E-state index contributed by atoms with van der Waals surface area (Å²) in [7, 11) is 0. The van der Waals surface area contributed by atoms with E-state index in [-0.39, 0.29) is 5.75 Å². The van der Waals surface area contributed by atoms with Crippen LogP contribution in [0.4, 0.5) is 13.2 Å². The molecule has 0 fully saturated rings. The number of ether oxygens (including phenoxy) is 2. The molecule has 1 aromatic rings. The van der Waals surface area contributed by atoms with Gasteiger partial charge in [-0.3, -0.25) is 0 Å². The zero-order valence-corrected chi connectivity index (χ0v) is 9.10. The second kappa shape index (κ2) is 5.09. The Labute approximate surface area is 92.0 Å². The number of alkyl halides is 3. The molecule has 0 aliphatic carbocycles. The first kappa shape index (κ1) is 12.7. The molecule has 0 unspecified atom stereocenters. The van der Waals surface area contributed by atoms with Gasteiger partial charge in [0.05, 0.1) is 6.61 Å². The first-order valence-corrected chi connectivity index (χ1v) is 4.97. The summed E-state index contributed by atoms with van der Waals surface area (Å²) in [5.74, 6) is 0.149. The van der Waals surface area contributed by atoms with Gasteiger partial charge < -0.3 is 9.47 Å². The van der Waals surface area contributed by atoms with E-state index in [4.69, 9.17) is 4.74 Å². The molecule has 0 saturated carbocycles. The van der Waals surface area contributed by atoms with Gasteiger partial charge in [0.2, 0.25) is 0 Å². The summed E-state index contributed by atoms with van der Waals surface area (Å²) in [6, 6.07) is 4.29. The van der Waals surface area contributed by atoms with Crippen molar-refractivity contribution in [2.45, 2.75) is 26.6 Å². The molecule has 90 valence electrons. The van der Waals surface area contributed by atoms with E-state index in [0.29, 0.717) is 18.8 Å². The van der Waals surface area contributed by atoms with E-state index in [9.17, 15) is 13.2 Å². The lowest BCUT2D eigenvalue weighted by Crippen LogP contribution is -2.17. The minimum Gasteiger partial charge on any atom is -0.494 e. The summed E-state index contributed by atoms with van der Waals surface area (Å²) >= 11 is 0. The van der Waals surface area contributed by atoms with Crippen LogP contribution in [0.5, 0.6) is 11.5 Å². The summed E-state index contributed by atoms with van der Waals surface area (Å²) in [6.45, 7) is 4.02. The lowest BCUT2D eigenvalue weighted by atomic mass is 10.1. The molecule has 0 amide bonds. The zero-order chi connectivity index (χ0) is 12.2. The van der Waals surface area contributed by atoms with Crippen LogP contribution in [-0.4, -0.2) is 13.0 Å². The van der Waals surface area contributed by atoms with Crippen LogP contribution in [0.15, 0.2) is 18.2 Å². The standard InChI is InChI=1S/C11H13F3O2/c1-3-8-5-9(15-4-2)7-10(6-8)16-11(12,13)14/h5-7H,3-4H2,1-2H3. The van der Waals surface area contributed by atoms with Crippen LogP contribution >= 0.6 is 0 Å². The number of hydrogen-bond acceptors (Lipinski definition) is 2. The summed E-state index contributed by atoms with van der Waals surface area (Å²) < 4.78 is 45.1. The van der Waals surface area contributed by atoms with E-state index in [1.807, 2.05) is 6.92 Å². The Balaban J connectivity index is 2.95. The van der Waals surface area contributed by atoms with Crippen molar-refractivity contribution in [3.05, 3.63) is 23.8 Å². The smallest absolute Gasteiger partial charge is 0.494 e. The van der Waals surface area contributed by atoms with Crippen molar-refractivity contribution in [2.24, 2.45) is 0 Å². The topological polar surface area (TPSA) is 18.5 Å². The van der Waals surface area contributed by atoms with Gasteiger partial charge in [0.25, 0.3) is 0 Å². The Kier molecular flexibility index (Phi) is 4.04. The van der Waals surface area contributed by atoms with E-state index >= 15 is 0 Å². The monoisotopic (exact) mass is 234 g/mol. The fraction of sp³-hybridized carbons (Fsp3) is 0.455. The lowest BCUT2D eigenvalue weighted by molar-refractivity contribution is -0.274. The van der Waals surface area contributed by atoms with Crippen molar-refractivity contribution >= 4 is 0 Å². The SMILES string of the molecule is CCOc1cc(CC)cc(OC(F)(F)F)c1. The van der Waals surface area contributed by atoms with Crippen molar-refractivity contribution in [1.82, 2.24) is 0 Å². The predicted molar refractivity (Wildman–Crippen MR) is 53.7 cm³/mol. The van der Waals surface area contributed by atoms with Gasteiger partial charge in [-0.1, -0.05) is 6.92 Å². The molecule has 1 aromatic carbocycles. The summed E-state index contributed by atoms with van der Waals surface area (Å²) in [5.41, 5.74) is 0.741. The molecule has 0 radical (unpaired) electrons. The maximum absolute atomic E-state index is 12.0. The molecule has 16 heavy (non-hydrogen) atoms. The third-order valence-corrected chi connectivity index (χ3v) is 1.89. The Morgan fingerprint density at radius 1 is 1.06 bits per heavy atom. The molecule has 2 nitrogen and oxygen atoms in total. The third kappa shape index (κ3) is 4.00. The van der Waals surface area contributed by atoms with Crippen LogP contribution in [0, 0.1) is 0 Å². The largest absolute Gasteiger partial charge is 0.573 e. The van der Waals surface area contributed by atoms with Crippen molar-refractivity contribution in [1.29, 1.82) is 0 Å². The molecule has 0 aliphatic rings. The second-order valence-corrected chi connectivity index (χ2v) is 3.15. The minimum atomic E-state index is -4.67. The molecule has 0 bridgehead atoms. The average molecular weight is 234 g/mol. The first-order valence-electron chi connectivity index (χ1n) is 4.97. The number of hydrogen-bond donors (Lipinski definition) is 0. The molecule has 5 heteroatoms. The van der Waals surface area contributed by atoms with Gasteiger partial charge in [-0.2, -0.15) is 0 Å². The van der Waals surface area contributed by atoms with Crippen LogP contribution in [0.1, 0.15) is 19.4 Å². The fourth-order valence-corrected chi connectivity index (χ4v) is 1.28. The number of rotatable bonds is 4. The molecule has 0 aromatic heterocycles. The van der Waals surface area contributed by atoms with E-state index in [1.165, 1.54) is 12.1 Å². The van der Waals surface area contributed by atoms with Crippen molar-refractivity contribution in [3.63, 3.8) is 0 Å². The van der Waals surface area contributed by atoms with Gasteiger partial charge in [0.1, 0.15) is 11.5 Å². The van der Waals surface area contributed by atoms with Crippen molar-refractivity contribution in [3.8, 4) is 11.5 Å². The molecule has 0 atom stereocenters. The second-order valence-electron chi connectivity index (χ2n) is 3.15. The van der Waals surface area contributed by atoms with Crippen molar-refractivity contribution < 1.29 is 22.6 Å². The Morgan fingerprint density at radius 2 is 1.69 bits per heavy atom. The van der Waals surface area contributed by atoms with Crippen LogP contribution in [0.3, 0.4) is 0 Å². The van der Waals surface area contributed by atoms with E-state index < -0.39 is 6.36 Å². The molecule has 0 spiro atoms. The van der Waals surface area contributed by atoms with Gasteiger partial charge >= 0.3 is 6.36 Å². The normalized spacial score (nSPS) is 11.3. The minimum absolute atomic E-state index is 0.240. The average Bonchev–Trinajstić information content (AvgIpc) is 2.15.